The van der Waals surface area contributed by atoms with Gasteiger partial charge in [0.15, 0.2) is 0 Å². The van der Waals surface area contributed by atoms with E-state index in [-0.39, 0.29) is 17.8 Å². The maximum atomic E-state index is 13.5. The van der Waals surface area contributed by atoms with E-state index >= 15 is 0 Å². The highest BCUT2D eigenvalue weighted by atomic mass is 32.1. The van der Waals surface area contributed by atoms with Crippen molar-refractivity contribution in [1.29, 1.82) is 0 Å². The Balaban J connectivity index is 1.52. The van der Waals surface area contributed by atoms with Crippen molar-refractivity contribution in [1.82, 2.24) is 10.3 Å². The molecule has 0 saturated heterocycles. The average molecular weight is 346 g/mol. The van der Waals surface area contributed by atoms with E-state index in [2.05, 4.69) is 10.3 Å². The van der Waals surface area contributed by atoms with E-state index in [0.717, 1.165) is 23.0 Å². The lowest BCUT2D eigenvalue weighted by atomic mass is 10.0. The van der Waals surface area contributed by atoms with Crippen LogP contribution in [0.25, 0.3) is 0 Å². The quantitative estimate of drug-likeness (QED) is 0.916. The lowest BCUT2D eigenvalue weighted by Gasteiger charge is -2.26. The van der Waals surface area contributed by atoms with Gasteiger partial charge in [-0.15, -0.1) is 11.3 Å². The van der Waals surface area contributed by atoms with Crippen molar-refractivity contribution in [3.8, 4) is 5.75 Å². The molecule has 1 aliphatic carbocycles. The van der Waals surface area contributed by atoms with Gasteiger partial charge in [0.05, 0.1) is 23.4 Å². The number of carbonyl (C=O) groups is 1. The van der Waals surface area contributed by atoms with Crippen LogP contribution in [0.2, 0.25) is 0 Å². The van der Waals surface area contributed by atoms with E-state index in [4.69, 9.17) is 4.74 Å². The highest BCUT2D eigenvalue weighted by Gasteiger charge is 2.27. The average Bonchev–Trinajstić information content (AvgIpc) is 3.29. The first-order valence-corrected chi connectivity index (χ1v) is 9.11. The number of thiazole rings is 1. The molecule has 2 heterocycles. The number of aryl methyl sites for hydroxylation is 1. The fourth-order valence-electron chi connectivity index (χ4n) is 3.06. The summed E-state index contributed by atoms with van der Waals surface area (Å²) in [6.07, 6.45) is 4.15. The Morgan fingerprint density at radius 2 is 2.25 bits per heavy atom. The van der Waals surface area contributed by atoms with Crippen molar-refractivity contribution >= 4 is 17.2 Å². The molecule has 1 aliphatic heterocycles. The van der Waals surface area contributed by atoms with E-state index in [1.54, 1.807) is 6.07 Å². The molecule has 126 valence electrons. The Morgan fingerprint density at radius 3 is 3.04 bits per heavy atom. The third-order valence-corrected chi connectivity index (χ3v) is 5.70. The van der Waals surface area contributed by atoms with Gasteiger partial charge in [-0.3, -0.25) is 4.79 Å². The van der Waals surface area contributed by atoms with Gasteiger partial charge in [-0.05, 0) is 43.9 Å². The molecule has 1 fully saturated rings. The Bertz CT molecular complexity index is 785. The molecule has 0 spiro atoms. The van der Waals surface area contributed by atoms with Crippen LogP contribution in [0.5, 0.6) is 5.75 Å². The van der Waals surface area contributed by atoms with Crippen molar-refractivity contribution in [2.24, 2.45) is 5.92 Å². The van der Waals surface area contributed by atoms with Crippen molar-refractivity contribution < 1.29 is 13.9 Å². The summed E-state index contributed by atoms with van der Waals surface area (Å²) in [7, 11) is 0. The minimum absolute atomic E-state index is 0.130. The maximum absolute atomic E-state index is 13.5. The monoisotopic (exact) mass is 346 g/mol. The van der Waals surface area contributed by atoms with E-state index in [0.29, 0.717) is 29.2 Å². The van der Waals surface area contributed by atoms with Crippen LogP contribution in [-0.4, -0.2) is 17.5 Å². The smallest absolute Gasteiger partial charge is 0.263 e. The molecule has 4 rings (SSSR count). The normalized spacial score (nSPS) is 19.5. The first kappa shape index (κ1) is 15.6. The van der Waals surface area contributed by atoms with Crippen LogP contribution in [0.15, 0.2) is 18.2 Å². The Hall–Kier alpha value is -1.95. The standard InChI is InChI=1S/C18H19FN2O2S/c1-10-17(24-16(20-10)8-11-2-3-11)18(22)21-14-6-7-23-15-5-4-12(19)9-13(14)15/h4-5,9,11,14H,2-3,6-8H2,1H3,(H,21,22)/t14-/m0/s1. The summed E-state index contributed by atoms with van der Waals surface area (Å²) in [6.45, 7) is 2.39. The molecule has 2 aliphatic rings. The molecule has 24 heavy (non-hydrogen) atoms. The van der Waals surface area contributed by atoms with E-state index in [1.807, 2.05) is 6.92 Å². The molecule has 0 radical (unpaired) electrons. The maximum Gasteiger partial charge on any atom is 0.263 e. The molecule has 1 saturated carbocycles. The molecule has 1 atom stereocenters. The Morgan fingerprint density at radius 1 is 1.42 bits per heavy atom. The van der Waals surface area contributed by atoms with Crippen LogP contribution in [0, 0.1) is 18.7 Å². The van der Waals surface area contributed by atoms with Gasteiger partial charge >= 0.3 is 0 Å². The number of amides is 1. The highest BCUT2D eigenvalue weighted by molar-refractivity contribution is 7.13. The summed E-state index contributed by atoms with van der Waals surface area (Å²) < 4.78 is 19.1. The van der Waals surface area contributed by atoms with Crippen LogP contribution in [0.4, 0.5) is 4.39 Å². The van der Waals surface area contributed by atoms with Crippen LogP contribution >= 0.6 is 11.3 Å². The molecule has 0 unspecified atom stereocenters. The van der Waals surface area contributed by atoms with Gasteiger partial charge in [-0.2, -0.15) is 0 Å². The first-order chi connectivity index (χ1) is 11.6. The summed E-state index contributed by atoms with van der Waals surface area (Å²) in [6, 6.07) is 4.21. The van der Waals surface area contributed by atoms with Crippen LogP contribution in [0.1, 0.15) is 51.2 Å². The van der Waals surface area contributed by atoms with Crippen LogP contribution in [-0.2, 0) is 6.42 Å². The van der Waals surface area contributed by atoms with E-state index < -0.39 is 0 Å². The largest absolute Gasteiger partial charge is 0.493 e. The van der Waals surface area contributed by atoms with Crippen LogP contribution < -0.4 is 10.1 Å². The minimum atomic E-state index is -0.320. The zero-order valence-electron chi connectivity index (χ0n) is 13.5. The Labute approximate surface area is 144 Å². The number of nitrogens with zero attached hydrogens (tertiary/aromatic N) is 1. The molecule has 1 amide bonds. The number of rotatable bonds is 4. The Kier molecular flexibility index (Phi) is 4.00. The highest BCUT2D eigenvalue weighted by Crippen LogP contribution is 2.35. The second kappa shape index (κ2) is 6.16. The molecule has 2 aromatic rings. The topological polar surface area (TPSA) is 51.2 Å². The second-order valence-electron chi connectivity index (χ2n) is 6.51. The van der Waals surface area contributed by atoms with Gasteiger partial charge in [-0.25, -0.2) is 9.37 Å². The molecule has 6 heteroatoms. The molecule has 0 bridgehead atoms. The van der Waals surface area contributed by atoms with Gasteiger partial charge < -0.3 is 10.1 Å². The SMILES string of the molecule is Cc1nc(CC2CC2)sc1C(=O)N[C@H]1CCOc2ccc(F)cc21. The van der Waals surface area contributed by atoms with Crippen molar-refractivity contribution in [2.45, 2.75) is 38.6 Å². The summed E-state index contributed by atoms with van der Waals surface area (Å²) in [5.74, 6) is 0.938. The molecular formula is C18H19FN2O2S. The van der Waals surface area contributed by atoms with Gasteiger partial charge in [-0.1, -0.05) is 0 Å². The van der Waals surface area contributed by atoms with Gasteiger partial charge in [0.25, 0.3) is 5.91 Å². The first-order valence-electron chi connectivity index (χ1n) is 8.29. The number of hydrogen-bond acceptors (Lipinski definition) is 4. The number of hydrogen-bond donors (Lipinski definition) is 1. The van der Waals surface area contributed by atoms with E-state index in [9.17, 15) is 9.18 Å². The van der Waals surface area contributed by atoms with Crippen molar-refractivity contribution in [3.05, 3.63) is 45.2 Å². The molecule has 1 aromatic carbocycles. The third kappa shape index (κ3) is 3.15. The number of aromatic nitrogens is 1. The van der Waals surface area contributed by atoms with Crippen LogP contribution in [0.3, 0.4) is 0 Å². The number of halogens is 1. The summed E-state index contributed by atoms with van der Waals surface area (Å²) in [5.41, 5.74) is 1.48. The zero-order valence-corrected chi connectivity index (χ0v) is 14.3. The lowest BCUT2D eigenvalue weighted by molar-refractivity contribution is 0.0928. The second-order valence-corrected chi connectivity index (χ2v) is 7.60. The minimum Gasteiger partial charge on any atom is -0.493 e. The number of ether oxygens (including phenoxy) is 1. The summed E-state index contributed by atoms with van der Waals surface area (Å²) >= 11 is 1.48. The predicted molar refractivity (Wildman–Crippen MR) is 90.0 cm³/mol. The summed E-state index contributed by atoms with van der Waals surface area (Å²) in [5, 5.41) is 4.07. The van der Waals surface area contributed by atoms with Gasteiger partial charge in [0.2, 0.25) is 0 Å². The number of carbonyl (C=O) groups excluding carboxylic acids is 1. The van der Waals surface area contributed by atoms with Crippen molar-refractivity contribution in [2.75, 3.05) is 6.61 Å². The molecule has 1 aromatic heterocycles. The summed E-state index contributed by atoms with van der Waals surface area (Å²) in [4.78, 5) is 17.9. The van der Waals surface area contributed by atoms with Gasteiger partial charge in [0, 0.05) is 18.4 Å². The number of fused-ring (bicyclic) bond motifs is 1. The predicted octanol–water partition coefficient (Wildman–Crippen LogP) is 3.80. The van der Waals surface area contributed by atoms with Crippen molar-refractivity contribution in [3.63, 3.8) is 0 Å². The van der Waals surface area contributed by atoms with Gasteiger partial charge in [0.1, 0.15) is 16.4 Å². The number of benzene rings is 1. The number of nitrogens with one attached hydrogen (secondary N) is 1. The zero-order chi connectivity index (χ0) is 16.7. The lowest BCUT2D eigenvalue weighted by Crippen LogP contribution is -2.32. The molecular weight excluding hydrogens is 327 g/mol. The molecule has 4 nitrogen and oxygen atoms in total. The third-order valence-electron chi connectivity index (χ3n) is 4.52. The fourth-order valence-corrected chi connectivity index (χ4v) is 4.14. The molecule has 1 N–H and O–H groups in total. The fraction of sp³-hybridized carbons (Fsp3) is 0.444. The van der Waals surface area contributed by atoms with E-state index in [1.165, 1.54) is 36.3 Å².